The van der Waals surface area contributed by atoms with Gasteiger partial charge in [-0.2, -0.15) is 0 Å². The fourth-order valence-corrected chi connectivity index (χ4v) is 3.25. The standard InChI is InChI=1S/C19H20N4/c1-5-19-21-16-11-14(7-9-18(16)23(19)4)13-6-8-17-15(10-13)20-12(2)22(17)3/h6-11H,5H2,1-4H3. The molecular formula is C19H20N4. The fraction of sp³-hybridized carbons (Fsp3) is 0.263. The molecule has 0 fully saturated rings. The Hall–Kier alpha value is -2.62. The maximum Gasteiger partial charge on any atom is 0.109 e. The summed E-state index contributed by atoms with van der Waals surface area (Å²) < 4.78 is 4.29. The zero-order valence-corrected chi connectivity index (χ0v) is 14.0. The molecule has 4 nitrogen and oxygen atoms in total. The molecule has 4 aromatic rings. The number of hydrogen-bond acceptors (Lipinski definition) is 2. The molecule has 2 aromatic carbocycles. The van der Waals surface area contributed by atoms with E-state index in [2.05, 4.69) is 71.5 Å². The number of rotatable bonds is 2. The van der Waals surface area contributed by atoms with Gasteiger partial charge in [-0.05, 0) is 42.3 Å². The quantitative estimate of drug-likeness (QED) is 0.561. The van der Waals surface area contributed by atoms with Gasteiger partial charge in [-0.1, -0.05) is 19.1 Å². The van der Waals surface area contributed by atoms with Crippen LogP contribution >= 0.6 is 0 Å². The fourth-order valence-electron chi connectivity index (χ4n) is 3.25. The third-order valence-corrected chi connectivity index (χ3v) is 4.73. The summed E-state index contributed by atoms with van der Waals surface area (Å²) in [4.78, 5) is 9.38. The lowest BCUT2D eigenvalue weighted by Gasteiger charge is -2.03. The van der Waals surface area contributed by atoms with Gasteiger partial charge in [0.2, 0.25) is 0 Å². The summed E-state index contributed by atoms with van der Waals surface area (Å²) in [7, 11) is 4.13. The molecule has 23 heavy (non-hydrogen) atoms. The molecule has 0 aliphatic heterocycles. The van der Waals surface area contributed by atoms with Crippen molar-refractivity contribution < 1.29 is 0 Å². The minimum atomic E-state index is 0.944. The molecule has 0 N–H and O–H groups in total. The second kappa shape index (κ2) is 4.95. The van der Waals surface area contributed by atoms with E-state index in [1.54, 1.807) is 0 Å². The molecule has 0 spiro atoms. The molecular weight excluding hydrogens is 284 g/mol. The largest absolute Gasteiger partial charge is 0.331 e. The third-order valence-electron chi connectivity index (χ3n) is 4.73. The predicted octanol–water partition coefficient (Wildman–Crippen LogP) is 4.00. The molecule has 0 radical (unpaired) electrons. The lowest BCUT2D eigenvalue weighted by molar-refractivity contribution is 0.829. The van der Waals surface area contributed by atoms with E-state index in [-0.39, 0.29) is 0 Å². The molecule has 0 atom stereocenters. The normalized spacial score (nSPS) is 11.7. The van der Waals surface area contributed by atoms with Crippen LogP contribution in [0.2, 0.25) is 0 Å². The molecule has 4 rings (SSSR count). The first-order valence-electron chi connectivity index (χ1n) is 7.97. The van der Waals surface area contributed by atoms with Crippen LogP contribution in [-0.4, -0.2) is 19.1 Å². The number of aromatic nitrogens is 4. The monoisotopic (exact) mass is 304 g/mol. The molecule has 116 valence electrons. The Morgan fingerprint density at radius 3 is 2.00 bits per heavy atom. The Bertz CT molecular complexity index is 1040. The number of imidazole rings is 2. The first-order valence-corrected chi connectivity index (χ1v) is 7.97. The van der Waals surface area contributed by atoms with Crippen molar-refractivity contribution in [3.05, 3.63) is 48.0 Å². The second-order valence-electron chi connectivity index (χ2n) is 6.07. The number of hydrogen-bond donors (Lipinski definition) is 0. The van der Waals surface area contributed by atoms with Crippen molar-refractivity contribution in [1.82, 2.24) is 19.1 Å². The van der Waals surface area contributed by atoms with Gasteiger partial charge in [-0.3, -0.25) is 0 Å². The van der Waals surface area contributed by atoms with Gasteiger partial charge in [0.15, 0.2) is 0 Å². The van der Waals surface area contributed by atoms with E-state index in [0.29, 0.717) is 0 Å². The minimum absolute atomic E-state index is 0.944. The van der Waals surface area contributed by atoms with Gasteiger partial charge in [0.25, 0.3) is 0 Å². The first-order chi connectivity index (χ1) is 11.1. The number of benzene rings is 2. The van der Waals surface area contributed by atoms with Crippen molar-refractivity contribution in [3.8, 4) is 11.1 Å². The van der Waals surface area contributed by atoms with E-state index in [1.807, 2.05) is 6.92 Å². The predicted molar refractivity (Wildman–Crippen MR) is 94.5 cm³/mol. The van der Waals surface area contributed by atoms with Crippen LogP contribution in [0.3, 0.4) is 0 Å². The van der Waals surface area contributed by atoms with Crippen molar-refractivity contribution in [2.24, 2.45) is 14.1 Å². The smallest absolute Gasteiger partial charge is 0.109 e. The summed E-state index contributed by atoms with van der Waals surface area (Å²) in [6, 6.07) is 13.0. The van der Waals surface area contributed by atoms with Crippen LogP contribution in [0.25, 0.3) is 33.2 Å². The molecule has 2 aromatic heterocycles. The average molecular weight is 304 g/mol. The van der Waals surface area contributed by atoms with E-state index in [0.717, 1.165) is 29.1 Å². The summed E-state index contributed by atoms with van der Waals surface area (Å²) in [6.07, 6.45) is 0.944. The molecule has 0 aliphatic rings. The van der Waals surface area contributed by atoms with Gasteiger partial charge >= 0.3 is 0 Å². The minimum Gasteiger partial charge on any atom is -0.331 e. The maximum atomic E-state index is 4.74. The molecule has 0 saturated heterocycles. The Morgan fingerprint density at radius 1 is 0.826 bits per heavy atom. The third kappa shape index (κ3) is 2.05. The molecule has 0 amide bonds. The van der Waals surface area contributed by atoms with Crippen LogP contribution in [0, 0.1) is 6.92 Å². The summed E-state index contributed by atoms with van der Waals surface area (Å²) in [5.74, 6) is 2.15. The van der Waals surface area contributed by atoms with E-state index in [9.17, 15) is 0 Å². The lowest BCUT2D eigenvalue weighted by atomic mass is 10.0. The van der Waals surface area contributed by atoms with Gasteiger partial charge in [-0.15, -0.1) is 0 Å². The first kappa shape index (κ1) is 14.0. The zero-order chi connectivity index (χ0) is 16.1. The lowest BCUT2D eigenvalue weighted by Crippen LogP contribution is -1.94. The van der Waals surface area contributed by atoms with Gasteiger partial charge in [-0.25, -0.2) is 9.97 Å². The van der Waals surface area contributed by atoms with Crippen molar-refractivity contribution >= 4 is 22.1 Å². The van der Waals surface area contributed by atoms with E-state index in [4.69, 9.17) is 4.98 Å². The Kier molecular flexibility index (Phi) is 3.01. The van der Waals surface area contributed by atoms with Gasteiger partial charge in [0.05, 0.1) is 22.1 Å². The summed E-state index contributed by atoms with van der Waals surface area (Å²) in [6.45, 7) is 4.17. The molecule has 4 heteroatoms. The summed E-state index contributed by atoms with van der Waals surface area (Å²) in [5.41, 5.74) is 6.81. The highest BCUT2D eigenvalue weighted by Crippen LogP contribution is 2.27. The van der Waals surface area contributed by atoms with Crippen LogP contribution < -0.4 is 0 Å². The van der Waals surface area contributed by atoms with E-state index in [1.165, 1.54) is 22.2 Å². The highest BCUT2D eigenvalue weighted by molar-refractivity contribution is 5.86. The molecule has 0 saturated carbocycles. The Morgan fingerprint density at radius 2 is 1.39 bits per heavy atom. The number of fused-ring (bicyclic) bond motifs is 2. The molecule has 0 aliphatic carbocycles. The van der Waals surface area contributed by atoms with Crippen molar-refractivity contribution in [3.63, 3.8) is 0 Å². The van der Waals surface area contributed by atoms with Crippen LogP contribution in [0.1, 0.15) is 18.6 Å². The van der Waals surface area contributed by atoms with Crippen LogP contribution in [0.4, 0.5) is 0 Å². The SMILES string of the molecule is CCc1nc2cc(-c3ccc4c(c3)nc(C)n4C)ccc2n1C. The number of aryl methyl sites for hydroxylation is 4. The topological polar surface area (TPSA) is 35.6 Å². The highest BCUT2D eigenvalue weighted by Gasteiger charge is 2.09. The maximum absolute atomic E-state index is 4.74. The summed E-state index contributed by atoms with van der Waals surface area (Å²) in [5, 5.41) is 0. The van der Waals surface area contributed by atoms with Crippen molar-refractivity contribution in [1.29, 1.82) is 0 Å². The Balaban J connectivity index is 1.88. The molecule has 0 bridgehead atoms. The van der Waals surface area contributed by atoms with E-state index < -0.39 is 0 Å². The van der Waals surface area contributed by atoms with Gasteiger partial charge < -0.3 is 9.13 Å². The molecule has 2 heterocycles. The molecule has 0 unspecified atom stereocenters. The van der Waals surface area contributed by atoms with Crippen molar-refractivity contribution in [2.45, 2.75) is 20.3 Å². The van der Waals surface area contributed by atoms with Crippen molar-refractivity contribution in [2.75, 3.05) is 0 Å². The zero-order valence-electron chi connectivity index (χ0n) is 14.0. The van der Waals surface area contributed by atoms with Crippen LogP contribution in [-0.2, 0) is 20.5 Å². The van der Waals surface area contributed by atoms with Crippen LogP contribution in [0.15, 0.2) is 36.4 Å². The second-order valence-corrected chi connectivity index (χ2v) is 6.07. The summed E-state index contributed by atoms with van der Waals surface area (Å²) >= 11 is 0. The number of nitrogens with zero attached hydrogens (tertiary/aromatic N) is 4. The van der Waals surface area contributed by atoms with Gasteiger partial charge in [0.1, 0.15) is 11.6 Å². The van der Waals surface area contributed by atoms with Gasteiger partial charge in [0, 0.05) is 20.5 Å². The highest BCUT2D eigenvalue weighted by atomic mass is 15.1. The average Bonchev–Trinajstić information content (AvgIpc) is 3.04. The Labute approximate surface area is 135 Å². The van der Waals surface area contributed by atoms with E-state index >= 15 is 0 Å². The van der Waals surface area contributed by atoms with Crippen LogP contribution in [0.5, 0.6) is 0 Å².